The van der Waals surface area contributed by atoms with Crippen LogP contribution in [0.4, 0.5) is 0 Å². The topological polar surface area (TPSA) is 47.3 Å². The van der Waals surface area contributed by atoms with E-state index >= 15 is 0 Å². The van der Waals surface area contributed by atoms with Gasteiger partial charge in [0.05, 0.1) is 6.61 Å². The van der Waals surface area contributed by atoms with E-state index in [9.17, 15) is 0 Å². The molecule has 0 radical (unpaired) electrons. The monoisotopic (exact) mass is 220 g/mol. The van der Waals surface area contributed by atoms with E-state index in [4.69, 9.17) is 10.6 Å². The molecule has 0 aromatic heterocycles. The van der Waals surface area contributed by atoms with Crippen LogP contribution in [0.15, 0.2) is 24.3 Å². The number of hydrogen-bond donors (Lipinski definition) is 2. The molecule has 0 spiro atoms. The molecule has 3 heteroatoms. The maximum Gasteiger partial charge on any atom is 0.119 e. The summed E-state index contributed by atoms with van der Waals surface area (Å²) < 4.78 is 5.62. The van der Waals surface area contributed by atoms with E-state index in [-0.39, 0.29) is 6.04 Å². The largest absolute Gasteiger partial charge is 0.494 e. The molecule has 1 unspecified atom stereocenters. The fourth-order valence-corrected chi connectivity index (χ4v) is 1.95. The van der Waals surface area contributed by atoms with E-state index in [1.54, 1.807) is 0 Å². The molecule has 1 fully saturated rings. The number of benzene rings is 1. The van der Waals surface area contributed by atoms with E-state index in [1.807, 2.05) is 12.1 Å². The Morgan fingerprint density at radius 1 is 1.50 bits per heavy atom. The minimum Gasteiger partial charge on any atom is -0.494 e. The molecule has 1 aromatic carbocycles. The molecule has 3 N–H and O–H groups in total. The van der Waals surface area contributed by atoms with Gasteiger partial charge in [-0.05, 0) is 42.9 Å². The van der Waals surface area contributed by atoms with Crippen molar-refractivity contribution in [3.8, 4) is 5.75 Å². The first-order chi connectivity index (χ1) is 7.85. The molecule has 0 heterocycles. The molecule has 3 nitrogen and oxygen atoms in total. The molecule has 0 bridgehead atoms. The number of nitrogens with two attached hydrogens (primary N) is 1. The van der Waals surface area contributed by atoms with Crippen molar-refractivity contribution < 1.29 is 4.74 Å². The molecule has 1 aliphatic carbocycles. The van der Waals surface area contributed by atoms with Crippen LogP contribution in [-0.4, -0.2) is 6.61 Å². The lowest BCUT2D eigenvalue weighted by molar-refractivity contribution is 0.316. The molecule has 1 aliphatic rings. The first kappa shape index (κ1) is 11.4. The molecule has 1 saturated carbocycles. The molecule has 88 valence electrons. The van der Waals surface area contributed by atoms with Crippen molar-refractivity contribution in [2.75, 3.05) is 6.61 Å². The molecular formula is C13H20N2O. The number of hydrogen-bond acceptors (Lipinski definition) is 3. The third kappa shape index (κ3) is 2.74. The van der Waals surface area contributed by atoms with Crippen molar-refractivity contribution in [1.82, 2.24) is 5.43 Å². The second kappa shape index (κ2) is 5.32. The first-order valence-electron chi connectivity index (χ1n) is 6.04. The molecule has 2 rings (SSSR count). The normalized spacial score (nSPS) is 17.1. The zero-order valence-corrected chi connectivity index (χ0v) is 9.78. The van der Waals surface area contributed by atoms with Crippen LogP contribution in [0.1, 0.15) is 37.8 Å². The van der Waals surface area contributed by atoms with Gasteiger partial charge < -0.3 is 4.74 Å². The molecule has 1 aromatic rings. The minimum atomic E-state index is 0.283. The highest BCUT2D eigenvalue weighted by atomic mass is 16.5. The Morgan fingerprint density at radius 2 is 2.31 bits per heavy atom. The van der Waals surface area contributed by atoms with Crippen LogP contribution in [0.5, 0.6) is 5.75 Å². The summed E-state index contributed by atoms with van der Waals surface area (Å²) in [5.74, 6) is 7.25. The molecular weight excluding hydrogens is 200 g/mol. The van der Waals surface area contributed by atoms with Gasteiger partial charge in [-0.15, -0.1) is 0 Å². The number of nitrogens with one attached hydrogen (secondary N) is 1. The summed E-state index contributed by atoms with van der Waals surface area (Å²) in [6, 6.07) is 8.53. The molecule has 0 aliphatic heterocycles. The van der Waals surface area contributed by atoms with E-state index in [2.05, 4.69) is 24.5 Å². The Hall–Kier alpha value is -1.06. The van der Waals surface area contributed by atoms with Gasteiger partial charge in [0.2, 0.25) is 0 Å². The van der Waals surface area contributed by atoms with Crippen molar-refractivity contribution in [3.63, 3.8) is 0 Å². The van der Waals surface area contributed by atoms with Crippen molar-refractivity contribution in [2.24, 2.45) is 11.8 Å². The third-order valence-electron chi connectivity index (χ3n) is 2.96. The number of ether oxygens (including phenoxy) is 1. The Bertz CT molecular complexity index is 336. The van der Waals surface area contributed by atoms with Crippen LogP contribution in [0.2, 0.25) is 0 Å². The highest BCUT2D eigenvalue weighted by Crippen LogP contribution is 2.41. The van der Waals surface area contributed by atoms with Crippen molar-refractivity contribution in [2.45, 2.75) is 32.2 Å². The Morgan fingerprint density at radius 3 is 2.94 bits per heavy atom. The Balaban J connectivity index is 2.07. The van der Waals surface area contributed by atoms with Gasteiger partial charge in [0, 0.05) is 6.04 Å². The SMILES string of the molecule is CCCOc1cccc(C(NN)C2CC2)c1. The fourth-order valence-electron chi connectivity index (χ4n) is 1.95. The van der Waals surface area contributed by atoms with Crippen molar-refractivity contribution in [3.05, 3.63) is 29.8 Å². The quantitative estimate of drug-likeness (QED) is 0.571. The van der Waals surface area contributed by atoms with Gasteiger partial charge in [-0.25, -0.2) is 0 Å². The van der Waals surface area contributed by atoms with Gasteiger partial charge in [0.25, 0.3) is 0 Å². The third-order valence-corrected chi connectivity index (χ3v) is 2.96. The van der Waals surface area contributed by atoms with Gasteiger partial charge >= 0.3 is 0 Å². The maximum absolute atomic E-state index is 5.62. The van der Waals surface area contributed by atoms with Crippen LogP contribution in [0, 0.1) is 5.92 Å². The Labute approximate surface area is 97.0 Å². The highest BCUT2D eigenvalue weighted by molar-refractivity contribution is 5.31. The number of rotatable bonds is 6. The van der Waals surface area contributed by atoms with Crippen LogP contribution >= 0.6 is 0 Å². The second-order valence-electron chi connectivity index (χ2n) is 4.40. The average Bonchev–Trinajstić information content (AvgIpc) is 3.12. The van der Waals surface area contributed by atoms with E-state index in [0.717, 1.165) is 18.8 Å². The minimum absolute atomic E-state index is 0.283. The molecule has 1 atom stereocenters. The highest BCUT2D eigenvalue weighted by Gasteiger charge is 2.31. The lowest BCUT2D eigenvalue weighted by Crippen LogP contribution is -2.29. The summed E-state index contributed by atoms with van der Waals surface area (Å²) in [5, 5.41) is 0. The van der Waals surface area contributed by atoms with Gasteiger partial charge in [0.1, 0.15) is 5.75 Å². The lowest BCUT2D eigenvalue weighted by atomic mass is 10.0. The smallest absolute Gasteiger partial charge is 0.119 e. The van der Waals surface area contributed by atoms with E-state index < -0.39 is 0 Å². The average molecular weight is 220 g/mol. The predicted octanol–water partition coefficient (Wildman–Crippen LogP) is 2.39. The lowest BCUT2D eigenvalue weighted by Gasteiger charge is -2.16. The zero-order valence-electron chi connectivity index (χ0n) is 9.78. The van der Waals surface area contributed by atoms with Crippen molar-refractivity contribution in [1.29, 1.82) is 0 Å². The van der Waals surface area contributed by atoms with Gasteiger partial charge in [0.15, 0.2) is 0 Å². The second-order valence-corrected chi connectivity index (χ2v) is 4.40. The van der Waals surface area contributed by atoms with Gasteiger partial charge in [-0.3, -0.25) is 11.3 Å². The number of hydrazine groups is 1. The van der Waals surface area contributed by atoms with Crippen LogP contribution in [0.3, 0.4) is 0 Å². The molecule has 0 saturated heterocycles. The van der Waals surface area contributed by atoms with Gasteiger partial charge in [-0.2, -0.15) is 0 Å². The molecule has 0 amide bonds. The summed E-state index contributed by atoms with van der Waals surface area (Å²) in [6.45, 7) is 2.88. The van der Waals surface area contributed by atoms with E-state index in [1.165, 1.54) is 18.4 Å². The summed E-state index contributed by atoms with van der Waals surface area (Å²) in [6.07, 6.45) is 3.58. The summed E-state index contributed by atoms with van der Waals surface area (Å²) in [5.41, 5.74) is 4.14. The van der Waals surface area contributed by atoms with E-state index in [0.29, 0.717) is 5.92 Å². The Kier molecular flexibility index (Phi) is 3.80. The maximum atomic E-state index is 5.62. The van der Waals surface area contributed by atoms with Gasteiger partial charge in [-0.1, -0.05) is 19.1 Å². The zero-order chi connectivity index (χ0) is 11.4. The van der Waals surface area contributed by atoms with Crippen molar-refractivity contribution >= 4 is 0 Å². The summed E-state index contributed by atoms with van der Waals surface area (Å²) in [7, 11) is 0. The van der Waals surface area contributed by atoms with Crippen LogP contribution < -0.4 is 16.0 Å². The fraction of sp³-hybridized carbons (Fsp3) is 0.538. The standard InChI is InChI=1S/C13H20N2O/c1-2-8-16-12-5-3-4-11(9-12)13(15-14)10-6-7-10/h3-5,9-10,13,15H,2,6-8,14H2,1H3. The molecule has 16 heavy (non-hydrogen) atoms. The summed E-state index contributed by atoms with van der Waals surface area (Å²) in [4.78, 5) is 0. The predicted molar refractivity (Wildman–Crippen MR) is 65.0 cm³/mol. The van der Waals surface area contributed by atoms with Crippen LogP contribution in [0.25, 0.3) is 0 Å². The van der Waals surface area contributed by atoms with Crippen LogP contribution in [-0.2, 0) is 0 Å². The first-order valence-corrected chi connectivity index (χ1v) is 6.04. The summed E-state index contributed by atoms with van der Waals surface area (Å²) >= 11 is 0.